The molecule has 0 atom stereocenters. The number of carbonyl (C=O) groups is 2. The zero-order valence-electron chi connectivity index (χ0n) is 27.2. The number of hydrogen-bond donors (Lipinski definition) is 1. The van der Waals surface area contributed by atoms with Gasteiger partial charge in [-0.05, 0) is 36.8 Å². The van der Waals surface area contributed by atoms with Crippen molar-refractivity contribution < 1.29 is 56.3 Å². The lowest BCUT2D eigenvalue weighted by atomic mass is 9.98. The molecule has 0 bridgehead atoms. The number of morpholine rings is 1. The predicted molar refractivity (Wildman–Crippen MR) is 171 cm³/mol. The number of alkyl halides is 3. The predicted octanol–water partition coefficient (Wildman–Crippen LogP) is 4.26. The molecule has 0 radical (unpaired) electrons. The van der Waals surface area contributed by atoms with Crippen LogP contribution in [0.4, 0.5) is 18.9 Å². The third-order valence-electron chi connectivity index (χ3n) is 7.32. The second kappa shape index (κ2) is 19.1. The van der Waals surface area contributed by atoms with E-state index < -0.39 is 23.5 Å². The van der Waals surface area contributed by atoms with Crippen LogP contribution in [0.5, 0.6) is 5.88 Å². The number of benzene rings is 1. The Kier molecular flexibility index (Phi) is 14.7. The zero-order valence-corrected chi connectivity index (χ0v) is 27.2. The molecule has 0 spiro atoms. The lowest BCUT2D eigenvalue weighted by Gasteiger charge is -2.30. The van der Waals surface area contributed by atoms with E-state index in [2.05, 4.69) is 14.9 Å². The number of aliphatic carboxylic acids is 1. The van der Waals surface area contributed by atoms with Gasteiger partial charge in [0.15, 0.2) is 5.78 Å². The Balaban J connectivity index is 1.31. The van der Waals surface area contributed by atoms with Crippen molar-refractivity contribution in [3.8, 4) is 17.0 Å². The van der Waals surface area contributed by atoms with E-state index in [4.69, 9.17) is 33.5 Å². The fraction of sp³-hybridized carbons (Fsp3) is 0.471. The summed E-state index contributed by atoms with van der Waals surface area (Å²) in [5.41, 5.74) is 2.62. The minimum atomic E-state index is -4.54. The van der Waals surface area contributed by atoms with E-state index >= 15 is 0 Å². The highest BCUT2D eigenvalue weighted by Crippen LogP contribution is 2.34. The number of carboxylic acid groups (broad SMARTS) is 1. The maximum Gasteiger partial charge on any atom is 0.416 e. The Morgan fingerprint density at radius 2 is 1.53 bits per heavy atom. The molecule has 266 valence electrons. The Bertz CT molecular complexity index is 1520. The maximum absolute atomic E-state index is 13.2. The number of carboxylic acids is 1. The van der Waals surface area contributed by atoms with Crippen LogP contribution < -0.4 is 9.64 Å². The van der Waals surface area contributed by atoms with Crippen LogP contribution in [0.1, 0.15) is 27.2 Å². The molecule has 4 rings (SSSR count). The van der Waals surface area contributed by atoms with E-state index in [9.17, 15) is 22.8 Å². The number of ether oxygens (including phenoxy) is 6. The molecule has 0 unspecified atom stereocenters. The number of nitrogens with zero attached hydrogens (tertiary/aromatic N) is 3. The van der Waals surface area contributed by atoms with E-state index in [0.29, 0.717) is 76.5 Å². The molecule has 3 aromatic rings. The number of pyridine rings is 2. The lowest BCUT2D eigenvalue weighted by Crippen LogP contribution is -2.36. The summed E-state index contributed by atoms with van der Waals surface area (Å²) in [6.45, 7) is 6.30. The molecule has 1 fully saturated rings. The number of aromatic nitrogens is 2. The Morgan fingerprint density at radius 1 is 0.878 bits per heavy atom. The number of halogens is 3. The van der Waals surface area contributed by atoms with Crippen LogP contribution in [-0.4, -0.2) is 113 Å². The summed E-state index contributed by atoms with van der Waals surface area (Å²) in [5, 5.41) is 8.50. The summed E-state index contributed by atoms with van der Waals surface area (Å²) in [7, 11) is 0. The van der Waals surface area contributed by atoms with Gasteiger partial charge in [0.1, 0.15) is 18.9 Å². The minimum Gasteiger partial charge on any atom is -0.480 e. The van der Waals surface area contributed by atoms with Crippen molar-refractivity contribution >= 4 is 17.4 Å². The summed E-state index contributed by atoms with van der Waals surface area (Å²) >= 11 is 0. The van der Waals surface area contributed by atoms with Crippen molar-refractivity contribution in [1.82, 2.24) is 9.97 Å². The van der Waals surface area contributed by atoms with Crippen molar-refractivity contribution in [2.24, 2.45) is 0 Å². The quantitative estimate of drug-likeness (QED) is 0.134. The molecule has 1 aromatic carbocycles. The Hall–Kier alpha value is -4.15. The van der Waals surface area contributed by atoms with Crippen LogP contribution in [0.15, 0.2) is 48.8 Å². The van der Waals surface area contributed by atoms with Gasteiger partial charge in [-0.2, -0.15) is 13.2 Å². The number of carbonyl (C=O) groups excluding carboxylic acids is 1. The van der Waals surface area contributed by atoms with E-state index in [0.717, 1.165) is 28.9 Å². The van der Waals surface area contributed by atoms with E-state index in [1.165, 1.54) is 12.1 Å². The van der Waals surface area contributed by atoms with Crippen molar-refractivity contribution in [3.63, 3.8) is 0 Å². The third kappa shape index (κ3) is 12.4. The summed E-state index contributed by atoms with van der Waals surface area (Å²) in [6.07, 6.45) is -1.44. The van der Waals surface area contributed by atoms with Crippen LogP contribution in [-0.2, 0) is 41.1 Å². The van der Waals surface area contributed by atoms with Gasteiger partial charge >= 0.3 is 12.1 Å². The maximum atomic E-state index is 13.2. The molecule has 0 aliphatic carbocycles. The molecule has 2 aromatic heterocycles. The molecule has 12 nitrogen and oxygen atoms in total. The second-order valence-electron chi connectivity index (χ2n) is 10.9. The van der Waals surface area contributed by atoms with Gasteiger partial charge in [0.25, 0.3) is 0 Å². The number of anilines is 1. The molecular weight excluding hydrogens is 651 g/mol. The van der Waals surface area contributed by atoms with Gasteiger partial charge in [-0.15, -0.1) is 0 Å². The normalized spacial score (nSPS) is 13.4. The molecule has 15 heteroatoms. The smallest absolute Gasteiger partial charge is 0.416 e. The summed E-state index contributed by atoms with van der Waals surface area (Å²) in [4.78, 5) is 34.5. The van der Waals surface area contributed by atoms with Gasteiger partial charge in [-0.1, -0.05) is 12.1 Å². The van der Waals surface area contributed by atoms with Gasteiger partial charge in [0.2, 0.25) is 5.88 Å². The molecule has 3 heterocycles. The molecule has 49 heavy (non-hydrogen) atoms. The van der Waals surface area contributed by atoms with Crippen LogP contribution >= 0.6 is 0 Å². The van der Waals surface area contributed by atoms with Crippen LogP contribution in [0, 0.1) is 6.92 Å². The van der Waals surface area contributed by atoms with Crippen molar-refractivity contribution in [3.05, 3.63) is 71.2 Å². The number of aryl methyl sites for hydroxylation is 1. The molecule has 0 amide bonds. The zero-order chi connectivity index (χ0) is 35.1. The average Bonchev–Trinajstić information content (AvgIpc) is 3.09. The topological polar surface area (TPSA) is 139 Å². The van der Waals surface area contributed by atoms with Crippen LogP contribution in [0.3, 0.4) is 0 Å². The van der Waals surface area contributed by atoms with Crippen molar-refractivity contribution in [2.75, 3.05) is 90.7 Å². The Labute approximate surface area is 282 Å². The number of ketones is 1. The molecule has 1 N–H and O–H groups in total. The first kappa shape index (κ1) is 37.7. The van der Waals surface area contributed by atoms with Gasteiger partial charge in [-0.25, -0.2) is 9.78 Å². The van der Waals surface area contributed by atoms with E-state index in [-0.39, 0.29) is 38.4 Å². The number of hydrogen-bond acceptors (Lipinski definition) is 11. The molecule has 1 aliphatic heterocycles. The van der Waals surface area contributed by atoms with Gasteiger partial charge in [0.05, 0.1) is 65.0 Å². The second-order valence-corrected chi connectivity index (χ2v) is 10.9. The average molecular weight is 692 g/mol. The summed E-state index contributed by atoms with van der Waals surface area (Å²) in [5.74, 6) is -1.04. The van der Waals surface area contributed by atoms with Crippen molar-refractivity contribution in [2.45, 2.75) is 19.5 Å². The standard InChI is InChI=1S/C34H40F3N3O9/c1-24-29(17-25(21-38-24)18-31(41)26-3-2-4-28(19-26)34(35,36)37)27-20-30(40-5-7-44-8-6-40)33(39-22-27)49-16-15-47-12-11-45-9-10-46-13-14-48-23-32(42)43/h2-4,17,19-22H,5-16,18,23H2,1H3,(H,42,43). The summed E-state index contributed by atoms with van der Waals surface area (Å²) in [6, 6.07) is 8.17. The molecule has 1 aliphatic rings. The largest absolute Gasteiger partial charge is 0.480 e. The first-order chi connectivity index (χ1) is 23.6. The monoisotopic (exact) mass is 691 g/mol. The SMILES string of the molecule is Cc1ncc(CC(=O)c2cccc(C(F)(F)F)c2)cc1-c1cnc(OCCOCCOCCOCCOCC(=O)O)c(N2CCOCC2)c1. The minimum absolute atomic E-state index is 0.0185. The number of Topliss-reactive ketones (excluding diaryl/α,β-unsaturated/α-hetero) is 1. The fourth-order valence-electron chi connectivity index (χ4n) is 4.87. The highest BCUT2D eigenvalue weighted by Gasteiger charge is 2.31. The molecule has 0 saturated carbocycles. The third-order valence-corrected chi connectivity index (χ3v) is 7.32. The van der Waals surface area contributed by atoms with Gasteiger partial charge in [0, 0.05) is 54.3 Å². The van der Waals surface area contributed by atoms with Crippen LogP contribution in [0.25, 0.3) is 11.1 Å². The van der Waals surface area contributed by atoms with Gasteiger partial charge < -0.3 is 38.4 Å². The first-order valence-electron chi connectivity index (χ1n) is 15.8. The molecule has 1 saturated heterocycles. The summed E-state index contributed by atoms with van der Waals surface area (Å²) < 4.78 is 72.3. The van der Waals surface area contributed by atoms with Crippen molar-refractivity contribution in [1.29, 1.82) is 0 Å². The van der Waals surface area contributed by atoms with Crippen LogP contribution in [0.2, 0.25) is 0 Å². The fourth-order valence-corrected chi connectivity index (χ4v) is 4.87. The highest BCUT2D eigenvalue weighted by molar-refractivity contribution is 5.97. The van der Waals surface area contributed by atoms with Gasteiger partial charge in [-0.3, -0.25) is 9.78 Å². The molecular formula is C34H40F3N3O9. The lowest BCUT2D eigenvalue weighted by molar-refractivity contribution is -0.142. The number of rotatable bonds is 20. The highest BCUT2D eigenvalue weighted by atomic mass is 19.4. The van der Waals surface area contributed by atoms with E-state index in [1.807, 2.05) is 19.1 Å². The Morgan fingerprint density at radius 3 is 2.18 bits per heavy atom. The van der Waals surface area contributed by atoms with E-state index in [1.54, 1.807) is 12.4 Å². The first-order valence-corrected chi connectivity index (χ1v) is 15.8.